The molecule has 0 fully saturated rings. The van der Waals surface area contributed by atoms with Crippen LogP contribution in [0.2, 0.25) is 0 Å². The molecule has 0 aliphatic carbocycles. The van der Waals surface area contributed by atoms with Gasteiger partial charge >= 0.3 is 11.9 Å². The highest BCUT2D eigenvalue weighted by Gasteiger charge is 2.33. The van der Waals surface area contributed by atoms with Crippen molar-refractivity contribution < 1.29 is 33.4 Å². The zero-order valence-electron chi connectivity index (χ0n) is 15.2. The van der Waals surface area contributed by atoms with Crippen LogP contribution in [0.5, 0.6) is 0 Å². The van der Waals surface area contributed by atoms with E-state index in [0.717, 1.165) is 7.11 Å². The van der Waals surface area contributed by atoms with E-state index in [9.17, 15) is 24.0 Å². The molecule has 4 atom stereocenters. The second kappa shape index (κ2) is 10.3. The smallest absolute Gasteiger partial charge is 0.332 e. The summed E-state index contributed by atoms with van der Waals surface area (Å²) < 4.78 is 9.70. The summed E-state index contributed by atoms with van der Waals surface area (Å²) in [4.78, 5) is 57.8. The van der Waals surface area contributed by atoms with Crippen molar-refractivity contribution in [1.29, 1.82) is 0 Å². The number of carbonyl (C=O) groups is 5. The van der Waals surface area contributed by atoms with Gasteiger partial charge in [0.05, 0.1) is 7.11 Å². The molecule has 0 aliphatic rings. The molecule has 0 saturated heterocycles. The quantitative estimate of drug-likeness (QED) is 0.454. The Morgan fingerprint density at radius 3 is 1.68 bits per heavy atom. The summed E-state index contributed by atoms with van der Waals surface area (Å²) in [6.45, 7) is 6.73. The number of nitrogens with one attached hydrogen (secondary N) is 3. The zero-order valence-corrected chi connectivity index (χ0v) is 15.2. The summed E-state index contributed by atoms with van der Waals surface area (Å²) in [6.07, 6.45) is -1.07. The molecule has 0 bridgehead atoms. The molecule has 10 heteroatoms. The van der Waals surface area contributed by atoms with E-state index < -0.39 is 53.9 Å². The lowest BCUT2D eigenvalue weighted by Crippen LogP contribution is -2.55. The molecule has 10 nitrogen and oxygen atoms in total. The average molecular weight is 359 g/mol. The molecule has 0 radical (unpaired) electrons. The predicted octanol–water partition coefficient (Wildman–Crippen LogP) is -1.37. The van der Waals surface area contributed by atoms with Gasteiger partial charge in [-0.2, -0.15) is 0 Å². The maximum Gasteiger partial charge on any atom is 0.332 e. The fraction of sp³-hybridized carbons (Fsp3) is 0.667. The standard InChI is InChI=1S/C15H25N3O7/c1-7(16-10(4)19)13(21)18-12(15(23)24-6)9(3)25-14(22)8(2)17-11(5)20/h7-9,12H,1-6H3,(H,16,19)(H,17,20)(H,18,21)/t7-,8-,9?,12-/m0/s1. The lowest BCUT2D eigenvalue weighted by atomic mass is 10.1. The molecule has 0 aromatic carbocycles. The van der Waals surface area contributed by atoms with Crippen LogP contribution in [0.25, 0.3) is 0 Å². The van der Waals surface area contributed by atoms with Crippen LogP contribution in [-0.2, 0) is 33.4 Å². The van der Waals surface area contributed by atoms with Gasteiger partial charge in [0.25, 0.3) is 0 Å². The molecule has 0 heterocycles. The van der Waals surface area contributed by atoms with Gasteiger partial charge < -0.3 is 25.4 Å². The summed E-state index contributed by atoms with van der Waals surface area (Å²) in [5.41, 5.74) is 0. The van der Waals surface area contributed by atoms with E-state index >= 15 is 0 Å². The van der Waals surface area contributed by atoms with Crippen LogP contribution >= 0.6 is 0 Å². The number of rotatable bonds is 8. The second-order valence-electron chi connectivity index (χ2n) is 5.50. The van der Waals surface area contributed by atoms with Crippen LogP contribution in [0.1, 0.15) is 34.6 Å². The molecule has 0 aliphatic heterocycles. The Morgan fingerprint density at radius 1 is 0.760 bits per heavy atom. The Labute approximate surface area is 146 Å². The fourth-order valence-electron chi connectivity index (χ4n) is 1.86. The number of amides is 3. The van der Waals surface area contributed by atoms with Gasteiger partial charge in [-0.15, -0.1) is 0 Å². The van der Waals surface area contributed by atoms with Crippen molar-refractivity contribution in [3.63, 3.8) is 0 Å². The molecule has 3 N–H and O–H groups in total. The Bertz CT molecular complexity index is 535. The molecular weight excluding hydrogens is 334 g/mol. The minimum Gasteiger partial charge on any atom is -0.467 e. The zero-order chi connectivity index (χ0) is 19.7. The minimum absolute atomic E-state index is 0.416. The number of hydrogen-bond acceptors (Lipinski definition) is 7. The first-order valence-electron chi connectivity index (χ1n) is 7.62. The van der Waals surface area contributed by atoms with E-state index in [1.807, 2.05) is 0 Å². The van der Waals surface area contributed by atoms with E-state index in [-0.39, 0.29) is 0 Å². The normalized spacial score (nSPS) is 15.0. The van der Waals surface area contributed by atoms with Crippen molar-refractivity contribution in [3.8, 4) is 0 Å². The van der Waals surface area contributed by atoms with E-state index in [2.05, 4.69) is 20.7 Å². The summed E-state index contributed by atoms with van der Waals surface area (Å²) in [5, 5.41) is 7.08. The minimum atomic E-state index is -1.28. The van der Waals surface area contributed by atoms with Crippen LogP contribution in [0.15, 0.2) is 0 Å². The average Bonchev–Trinajstić information content (AvgIpc) is 2.49. The van der Waals surface area contributed by atoms with Gasteiger partial charge in [-0.3, -0.25) is 14.4 Å². The van der Waals surface area contributed by atoms with Crippen LogP contribution in [0.3, 0.4) is 0 Å². The maximum absolute atomic E-state index is 12.0. The van der Waals surface area contributed by atoms with E-state index in [1.54, 1.807) is 0 Å². The van der Waals surface area contributed by atoms with Crippen molar-refractivity contribution in [1.82, 2.24) is 16.0 Å². The Hall–Kier alpha value is -2.65. The number of hydrogen-bond donors (Lipinski definition) is 3. The number of methoxy groups -OCH3 is 1. The largest absolute Gasteiger partial charge is 0.467 e. The number of ether oxygens (including phenoxy) is 2. The lowest BCUT2D eigenvalue weighted by Gasteiger charge is -2.25. The third-order valence-corrected chi connectivity index (χ3v) is 3.11. The summed E-state index contributed by atoms with van der Waals surface area (Å²) >= 11 is 0. The summed E-state index contributed by atoms with van der Waals surface area (Å²) in [7, 11) is 1.12. The van der Waals surface area contributed by atoms with Crippen molar-refractivity contribution in [3.05, 3.63) is 0 Å². The lowest BCUT2D eigenvalue weighted by molar-refractivity contribution is -0.159. The molecule has 0 spiro atoms. The second-order valence-corrected chi connectivity index (χ2v) is 5.50. The third-order valence-electron chi connectivity index (χ3n) is 3.11. The highest BCUT2D eigenvalue weighted by molar-refractivity contribution is 5.90. The highest BCUT2D eigenvalue weighted by atomic mass is 16.6. The van der Waals surface area contributed by atoms with Crippen LogP contribution < -0.4 is 16.0 Å². The molecule has 0 aromatic heterocycles. The molecular formula is C15H25N3O7. The first-order chi connectivity index (χ1) is 11.5. The highest BCUT2D eigenvalue weighted by Crippen LogP contribution is 2.05. The van der Waals surface area contributed by atoms with E-state index in [0.29, 0.717) is 0 Å². The van der Waals surface area contributed by atoms with Gasteiger partial charge in [0.15, 0.2) is 6.04 Å². The molecule has 0 saturated carbocycles. The number of carbonyl (C=O) groups excluding carboxylic acids is 5. The topological polar surface area (TPSA) is 140 Å². The first-order valence-corrected chi connectivity index (χ1v) is 7.62. The summed E-state index contributed by atoms with van der Waals surface area (Å²) in [5.74, 6) is -3.08. The molecule has 1 unspecified atom stereocenters. The Kier molecular flexibility index (Phi) is 9.18. The molecule has 25 heavy (non-hydrogen) atoms. The van der Waals surface area contributed by atoms with E-state index in [4.69, 9.17) is 4.74 Å². The Balaban J connectivity index is 4.99. The van der Waals surface area contributed by atoms with Crippen molar-refractivity contribution in [2.75, 3.05) is 7.11 Å². The SMILES string of the molecule is COC(=O)[C@@H](NC(=O)[C@H](C)NC(C)=O)C(C)OC(=O)[C@H](C)NC(C)=O. The van der Waals surface area contributed by atoms with Crippen molar-refractivity contribution >= 4 is 29.7 Å². The maximum atomic E-state index is 12.0. The van der Waals surface area contributed by atoms with Gasteiger partial charge in [-0.25, -0.2) is 9.59 Å². The Morgan fingerprint density at radius 2 is 1.24 bits per heavy atom. The van der Waals surface area contributed by atoms with Gasteiger partial charge in [0.1, 0.15) is 18.2 Å². The monoisotopic (exact) mass is 359 g/mol. The molecule has 142 valence electrons. The van der Waals surface area contributed by atoms with Gasteiger partial charge in [-0.05, 0) is 20.8 Å². The van der Waals surface area contributed by atoms with Crippen LogP contribution in [-0.4, -0.2) is 61.0 Å². The van der Waals surface area contributed by atoms with Gasteiger partial charge in [0, 0.05) is 13.8 Å². The van der Waals surface area contributed by atoms with Crippen molar-refractivity contribution in [2.24, 2.45) is 0 Å². The first kappa shape index (κ1) is 22.4. The predicted molar refractivity (Wildman–Crippen MR) is 86.1 cm³/mol. The van der Waals surface area contributed by atoms with Crippen LogP contribution in [0.4, 0.5) is 0 Å². The van der Waals surface area contributed by atoms with Gasteiger partial charge in [-0.1, -0.05) is 0 Å². The van der Waals surface area contributed by atoms with Crippen LogP contribution in [0, 0.1) is 0 Å². The fourth-order valence-corrected chi connectivity index (χ4v) is 1.86. The summed E-state index contributed by atoms with van der Waals surface area (Å²) in [6, 6.07) is -3.10. The van der Waals surface area contributed by atoms with Gasteiger partial charge in [0.2, 0.25) is 17.7 Å². The third kappa shape index (κ3) is 8.13. The molecule has 0 aromatic rings. The molecule has 0 rings (SSSR count). The van der Waals surface area contributed by atoms with E-state index in [1.165, 1.54) is 34.6 Å². The molecule has 3 amide bonds. The number of esters is 2. The van der Waals surface area contributed by atoms with Crippen molar-refractivity contribution in [2.45, 2.75) is 58.8 Å².